The number of nitrogens with two attached hydrogens (primary N) is 1. The van der Waals surface area contributed by atoms with Crippen molar-refractivity contribution in [2.75, 3.05) is 45.2 Å². The van der Waals surface area contributed by atoms with Gasteiger partial charge in [0.2, 0.25) is 0 Å². The number of imidazole rings is 1. The van der Waals surface area contributed by atoms with Crippen LogP contribution in [0.4, 0.5) is 5.82 Å². The number of aliphatic hydroxyl groups is 1. The fourth-order valence-electron chi connectivity index (χ4n) is 4.60. The smallest absolute Gasteiger partial charge is 0.334 e. The number of hydrogen-bond donors (Lipinski definition) is 4. The molecule has 5 N–H and O–H groups in total. The number of ether oxygens (including phenoxy) is 2. The number of aromatic nitrogens is 4. The summed E-state index contributed by atoms with van der Waals surface area (Å²) in [7, 11) is 2.03. The number of carbonyl (C=O) groups excluding carboxylic acids is 1. The highest BCUT2D eigenvalue weighted by Gasteiger charge is 2.46. The summed E-state index contributed by atoms with van der Waals surface area (Å²) in [6.07, 6.45) is -1.05. The van der Waals surface area contributed by atoms with E-state index in [1.807, 2.05) is 7.05 Å². The molecule has 208 valence electrons. The zero-order chi connectivity index (χ0) is 27.7. The molecule has 39 heavy (non-hydrogen) atoms. The lowest BCUT2D eigenvalue weighted by molar-refractivity contribution is -0.152. The molecular weight excluding hydrogens is 532 g/mol. The Bertz CT molecular complexity index is 1360. The predicted molar refractivity (Wildman–Crippen MR) is 139 cm³/mol. The molecule has 2 aromatic heterocycles. The number of halogens is 1. The quantitative estimate of drug-likeness (QED) is 0.288. The SMILES string of the molecule is CN1CCN(C(=O)COc2ccc(Cl)cc2CNc2ncnc3c2ncn3C2OC(C(=O)O)C(N)C2O)CC1. The molecule has 15 heteroatoms. The van der Waals surface area contributed by atoms with Crippen molar-refractivity contribution >= 4 is 40.5 Å². The standard InChI is InChI=1S/C24H29ClN8O6/c1-31-4-6-32(7-5-31)16(34)10-38-15-3-2-14(25)8-13(15)9-27-21-18-22(29-11-28-21)33(12-30-18)23-19(35)17(26)20(39-23)24(36)37/h2-3,8,11-12,17,19-20,23,35H,4-7,9-10,26H2,1H3,(H,36,37)(H,27,28,29). The van der Waals surface area contributed by atoms with E-state index in [-0.39, 0.29) is 19.1 Å². The van der Waals surface area contributed by atoms with E-state index in [9.17, 15) is 19.8 Å². The molecule has 4 atom stereocenters. The summed E-state index contributed by atoms with van der Waals surface area (Å²) >= 11 is 6.23. The van der Waals surface area contributed by atoms with Gasteiger partial charge in [-0.05, 0) is 25.2 Å². The van der Waals surface area contributed by atoms with Crippen LogP contribution in [-0.2, 0) is 20.9 Å². The lowest BCUT2D eigenvalue weighted by Gasteiger charge is -2.32. The summed E-state index contributed by atoms with van der Waals surface area (Å²) in [4.78, 5) is 40.9. The van der Waals surface area contributed by atoms with Crippen molar-refractivity contribution in [3.8, 4) is 5.75 Å². The number of aliphatic carboxylic acids is 1. The lowest BCUT2D eigenvalue weighted by Crippen LogP contribution is -2.48. The zero-order valence-electron chi connectivity index (χ0n) is 21.1. The van der Waals surface area contributed by atoms with E-state index in [0.717, 1.165) is 13.1 Å². The van der Waals surface area contributed by atoms with Gasteiger partial charge < -0.3 is 40.5 Å². The number of carboxylic acids is 1. The molecule has 1 amide bonds. The van der Waals surface area contributed by atoms with Gasteiger partial charge in [-0.3, -0.25) is 9.36 Å². The third kappa shape index (κ3) is 5.60. The topological polar surface area (TPSA) is 181 Å². The number of carbonyl (C=O) groups is 2. The third-order valence-electron chi connectivity index (χ3n) is 6.87. The van der Waals surface area contributed by atoms with Crippen molar-refractivity contribution in [2.24, 2.45) is 5.73 Å². The second-order valence-corrected chi connectivity index (χ2v) is 9.91. The molecule has 0 saturated carbocycles. The summed E-state index contributed by atoms with van der Waals surface area (Å²) in [6.45, 7) is 3.12. The largest absolute Gasteiger partial charge is 0.483 e. The van der Waals surface area contributed by atoms with Crippen LogP contribution in [-0.4, -0.2) is 109 Å². The molecule has 4 heterocycles. The molecule has 2 aliphatic rings. The van der Waals surface area contributed by atoms with Crippen LogP contribution >= 0.6 is 11.6 Å². The van der Waals surface area contributed by atoms with Crippen LogP contribution in [0.1, 0.15) is 11.8 Å². The molecule has 1 aromatic carbocycles. The van der Waals surface area contributed by atoms with Gasteiger partial charge in [-0.1, -0.05) is 11.6 Å². The molecule has 0 radical (unpaired) electrons. The van der Waals surface area contributed by atoms with Gasteiger partial charge in [0, 0.05) is 43.3 Å². The van der Waals surface area contributed by atoms with Crippen LogP contribution < -0.4 is 15.8 Å². The number of fused-ring (bicyclic) bond motifs is 1. The number of anilines is 1. The fraction of sp³-hybridized carbons (Fsp3) is 0.458. The third-order valence-corrected chi connectivity index (χ3v) is 7.11. The first-order chi connectivity index (χ1) is 18.7. The molecule has 5 rings (SSSR count). The first-order valence-electron chi connectivity index (χ1n) is 12.3. The Morgan fingerprint density at radius 2 is 2.00 bits per heavy atom. The highest BCUT2D eigenvalue weighted by molar-refractivity contribution is 6.30. The average Bonchev–Trinajstić information content (AvgIpc) is 3.48. The van der Waals surface area contributed by atoms with Gasteiger partial charge in [0.15, 0.2) is 35.9 Å². The average molecular weight is 561 g/mol. The van der Waals surface area contributed by atoms with E-state index in [1.54, 1.807) is 23.1 Å². The summed E-state index contributed by atoms with van der Waals surface area (Å²) in [6, 6.07) is 4.01. The molecule has 0 bridgehead atoms. The zero-order valence-corrected chi connectivity index (χ0v) is 21.9. The Morgan fingerprint density at radius 1 is 1.23 bits per heavy atom. The van der Waals surface area contributed by atoms with E-state index in [2.05, 4.69) is 25.2 Å². The lowest BCUT2D eigenvalue weighted by atomic mass is 10.1. The maximum Gasteiger partial charge on any atom is 0.334 e. The van der Waals surface area contributed by atoms with E-state index >= 15 is 0 Å². The summed E-state index contributed by atoms with van der Waals surface area (Å²) in [5.74, 6) is -0.470. The minimum Gasteiger partial charge on any atom is -0.483 e. The van der Waals surface area contributed by atoms with E-state index < -0.39 is 30.4 Å². The van der Waals surface area contributed by atoms with Crippen LogP contribution in [0.25, 0.3) is 11.2 Å². The van der Waals surface area contributed by atoms with Crippen molar-refractivity contribution in [1.29, 1.82) is 0 Å². The van der Waals surface area contributed by atoms with Gasteiger partial charge in [-0.15, -0.1) is 0 Å². The second-order valence-electron chi connectivity index (χ2n) is 9.48. The van der Waals surface area contributed by atoms with Gasteiger partial charge in [0.05, 0.1) is 12.4 Å². The van der Waals surface area contributed by atoms with Crippen molar-refractivity contribution in [2.45, 2.75) is 31.0 Å². The Labute approximate surface area is 228 Å². The maximum atomic E-state index is 12.6. The molecule has 14 nitrogen and oxygen atoms in total. The first-order valence-corrected chi connectivity index (χ1v) is 12.7. The second kappa shape index (κ2) is 11.3. The molecule has 2 fully saturated rings. The number of hydrogen-bond acceptors (Lipinski definition) is 11. The molecular formula is C24H29ClN8O6. The van der Waals surface area contributed by atoms with Crippen molar-refractivity contribution in [3.63, 3.8) is 0 Å². The number of nitrogens with zero attached hydrogens (tertiary/aromatic N) is 6. The number of carboxylic acid groups (broad SMARTS) is 1. The molecule has 3 aromatic rings. The van der Waals surface area contributed by atoms with Crippen LogP contribution in [0, 0.1) is 0 Å². The van der Waals surface area contributed by atoms with Crippen LogP contribution in [0.3, 0.4) is 0 Å². The van der Waals surface area contributed by atoms with E-state index in [0.29, 0.717) is 46.4 Å². The first kappa shape index (κ1) is 27.0. The molecule has 2 saturated heterocycles. The Kier molecular flexibility index (Phi) is 7.81. The minimum atomic E-state index is -1.37. The minimum absolute atomic E-state index is 0.0822. The van der Waals surface area contributed by atoms with Crippen LogP contribution in [0.2, 0.25) is 5.02 Å². The Hall–Kier alpha value is -3.56. The number of likely N-dealkylation sites (N-methyl/N-ethyl adjacent to an activating group) is 1. The monoisotopic (exact) mass is 560 g/mol. The summed E-state index contributed by atoms with van der Waals surface area (Å²) in [5.41, 5.74) is 7.22. The number of piperazine rings is 1. The van der Waals surface area contributed by atoms with Crippen LogP contribution in [0.5, 0.6) is 5.75 Å². The molecule has 0 aliphatic carbocycles. The number of nitrogens with one attached hydrogen (secondary N) is 1. The van der Waals surface area contributed by atoms with Crippen molar-refractivity contribution < 1.29 is 29.3 Å². The van der Waals surface area contributed by atoms with Gasteiger partial charge in [0.25, 0.3) is 5.91 Å². The molecule has 0 spiro atoms. The van der Waals surface area contributed by atoms with Gasteiger partial charge in [-0.25, -0.2) is 19.7 Å². The molecule has 2 aliphatic heterocycles. The number of aliphatic hydroxyl groups excluding tert-OH is 1. The molecule has 4 unspecified atom stereocenters. The highest BCUT2D eigenvalue weighted by Crippen LogP contribution is 2.32. The van der Waals surface area contributed by atoms with Gasteiger partial charge >= 0.3 is 5.97 Å². The number of amides is 1. The highest BCUT2D eigenvalue weighted by atomic mass is 35.5. The fourth-order valence-corrected chi connectivity index (χ4v) is 4.80. The Balaban J connectivity index is 1.29. The predicted octanol–water partition coefficient (Wildman–Crippen LogP) is -0.0852. The summed E-state index contributed by atoms with van der Waals surface area (Å²) in [5, 5.41) is 23.5. The normalized spacial score (nSPS) is 23.7. The van der Waals surface area contributed by atoms with Gasteiger partial charge in [-0.2, -0.15) is 0 Å². The number of rotatable bonds is 8. The van der Waals surface area contributed by atoms with Crippen molar-refractivity contribution in [3.05, 3.63) is 41.4 Å². The van der Waals surface area contributed by atoms with Gasteiger partial charge in [0.1, 0.15) is 18.2 Å². The van der Waals surface area contributed by atoms with E-state index in [1.165, 1.54) is 17.2 Å². The summed E-state index contributed by atoms with van der Waals surface area (Å²) < 4.78 is 12.8. The van der Waals surface area contributed by atoms with Crippen molar-refractivity contribution in [1.82, 2.24) is 29.3 Å². The maximum absolute atomic E-state index is 12.6. The number of benzene rings is 1. The Morgan fingerprint density at radius 3 is 2.72 bits per heavy atom. The van der Waals surface area contributed by atoms with Crippen LogP contribution in [0.15, 0.2) is 30.9 Å². The van der Waals surface area contributed by atoms with E-state index in [4.69, 9.17) is 26.8 Å².